The van der Waals surface area contributed by atoms with Crippen molar-refractivity contribution in [3.8, 4) is 0 Å². The maximum absolute atomic E-state index is 12.4. The van der Waals surface area contributed by atoms with Crippen LogP contribution >= 0.6 is 0 Å². The van der Waals surface area contributed by atoms with Crippen LogP contribution in [0.4, 0.5) is 4.79 Å². The van der Waals surface area contributed by atoms with Crippen molar-refractivity contribution in [3.05, 3.63) is 48.1 Å². The van der Waals surface area contributed by atoms with Crippen molar-refractivity contribution in [2.45, 2.75) is 51.7 Å². The van der Waals surface area contributed by atoms with Crippen molar-refractivity contribution in [3.63, 3.8) is 0 Å². The van der Waals surface area contributed by atoms with Crippen LogP contribution in [0.25, 0.3) is 0 Å². The molecule has 1 fully saturated rings. The van der Waals surface area contributed by atoms with Gasteiger partial charge in [0.15, 0.2) is 0 Å². The SMILES string of the molecule is C=C1C=CCC/C1=C/C(=C)[C@H]1CCN(C(=O)OC(C)(C)C)[C@@H]1C(=O)O. The molecule has 136 valence electrons. The van der Waals surface area contributed by atoms with E-state index >= 15 is 0 Å². The second-order valence-corrected chi connectivity index (χ2v) is 7.56. The minimum absolute atomic E-state index is 0.323. The summed E-state index contributed by atoms with van der Waals surface area (Å²) < 4.78 is 5.35. The minimum Gasteiger partial charge on any atom is -0.480 e. The molecule has 1 saturated heterocycles. The maximum atomic E-state index is 12.4. The number of carboxylic acid groups (broad SMARTS) is 1. The predicted octanol–water partition coefficient (Wildman–Crippen LogP) is 4.09. The average molecular weight is 345 g/mol. The van der Waals surface area contributed by atoms with E-state index in [-0.39, 0.29) is 5.92 Å². The van der Waals surface area contributed by atoms with Crippen LogP contribution in [-0.2, 0) is 9.53 Å². The Balaban J connectivity index is 2.18. The number of nitrogens with zero attached hydrogens (tertiary/aromatic N) is 1. The molecule has 0 spiro atoms. The van der Waals surface area contributed by atoms with Gasteiger partial charge in [0, 0.05) is 12.5 Å². The smallest absolute Gasteiger partial charge is 0.411 e. The van der Waals surface area contributed by atoms with Crippen LogP contribution in [0.15, 0.2) is 48.1 Å². The van der Waals surface area contributed by atoms with Gasteiger partial charge in [-0.1, -0.05) is 31.4 Å². The average Bonchev–Trinajstić information content (AvgIpc) is 2.93. The van der Waals surface area contributed by atoms with Crippen molar-refractivity contribution in [1.82, 2.24) is 4.90 Å². The van der Waals surface area contributed by atoms with Crippen molar-refractivity contribution in [1.29, 1.82) is 0 Å². The molecule has 1 aliphatic heterocycles. The summed E-state index contributed by atoms with van der Waals surface area (Å²) in [6.45, 7) is 13.7. The lowest BCUT2D eigenvalue weighted by atomic mass is 9.88. The third-order valence-corrected chi connectivity index (χ3v) is 4.43. The van der Waals surface area contributed by atoms with Crippen LogP contribution < -0.4 is 0 Å². The van der Waals surface area contributed by atoms with Crippen molar-refractivity contribution >= 4 is 12.1 Å². The van der Waals surface area contributed by atoms with Gasteiger partial charge in [0.2, 0.25) is 0 Å². The summed E-state index contributed by atoms with van der Waals surface area (Å²) in [6.07, 6.45) is 7.75. The quantitative estimate of drug-likeness (QED) is 0.837. The summed E-state index contributed by atoms with van der Waals surface area (Å²) in [5.74, 6) is -1.36. The van der Waals surface area contributed by atoms with E-state index in [9.17, 15) is 14.7 Å². The molecule has 25 heavy (non-hydrogen) atoms. The van der Waals surface area contributed by atoms with E-state index in [0.29, 0.717) is 13.0 Å². The second kappa shape index (κ2) is 7.30. The van der Waals surface area contributed by atoms with Gasteiger partial charge in [0.25, 0.3) is 0 Å². The number of aliphatic carboxylic acids is 1. The van der Waals surface area contributed by atoms with Gasteiger partial charge in [-0.05, 0) is 56.8 Å². The number of hydrogen-bond donors (Lipinski definition) is 1. The van der Waals surface area contributed by atoms with Gasteiger partial charge in [0.1, 0.15) is 11.6 Å². The summed E-state index contributed by atoms with van der Waals surface area (Å²) >= 11 is 0. The van der Waals surface area contributed by atoms with E-state index in [2.05, 4.69) is 19.2 Å². The highest BCUT2D eigenvalue weighted by atomic mass is 16.6. The molecular formula is C20H27NO4. The summed E-state index contributed by atoms with van der Waals surface area (Å²) in [7, 11) is 0. The normalized spacial score (nSPS) is 25.3. The third kappa shape index (κ3) is 4.62. The summed E-state index contributed by atoms with van der Waals surface area (Å²) in [4.78, 5) is 25.5. The molecule has 2 rings (SSSR count). The standard InChI is InChI=1S/C20H27NO4/c1-13-8-6-7-9-15(13)12-14(2)16-10-11-21(17(16)18(22)23)19(24)25-20(3,4)5/h6,8,12,16-17H,1-2,7,9-11H2,3-5H3,(H,22,23)/b15-12-/t16-,17+/m1/s1. The molecule has 1 aliphatic carbocycles. The molecule has 0 aromatic carbocycles. The fourth-order valence-corrected chi connectivity index (χ4v) is 3.24. The molecule has 0 bridgehead atoms. The van der Waals surface area contributed by atoms with Crippen molar-refractivity contribution in [2.75, 3.05) is 6.54 Å². The van der Waals surface area contributed by atoms with E-state index in [1.165, 1.54) is 4.90 Å². The fourth-order valence-electron chi connectivity index (χ4n) is 3.24. The molecule has 1 heterocycles. The Morgan fingerprint density at radius 2 is 2.08 bits per heavy atom. The topological polar surface area (TPSA) is 66.8 Å². The van der Waals surface area contributed by atoms with Crippen LogP contribution in [-0.4, -0.2) is 40.3 Å². The summed E-state index contributed by atoms with van der Waals surface area (Å²) in [5, 5.41) is 9.67. The Bertz CT molecular complexity index is 651. The molecule has 2 aliphatic rings. The van der Waals surface area contributed by atoms with Crippen molar-refractivity contribution < 1.29 is 19.4 Å². The Hall–Kier alpha value is -2.30. The largest absolute Gasteiger partial charge is 0.480 e. The monoisotopic (exact) mass is 345 g/mol. The molecule has 0 unspecified atom stereocenters. The van der Waals surface area contributed by atoms with Crippen LogP contribution in [0.1, 0.15) is 40.0 Å². The van der Waals surface area contributed by atoms with Gasteiger partial charge in [-0.25, -0.2) is 9.59 Å². The molecule has 0 aromatic rings. The van der Waals surface area contributed by atoms with Crippen LogP contribution in [0.3, 0.4) is 0 Å². The van der Waals surface area contributed by atoms with Gasteiger partial charge >= 0.3 is 12.1 Å². The van der Waals surface area contributed by atoms with Crippen LogP contribution in [0.2, 0.25) is 0 Å². The number of ether oxygens (including phenoxy) is 1. The Kier molecular flexibility index (Phi) is 5.55. The molecule has 2 atom stereocenters. The molecule has 1 amide bonds. The van der Waals surface area contributed by atoms with E-state index in [4.69, 9.17) is 4.74 Å². The van der Waals surface area contributed by atoms with E-state index in [0.717, 1.165) is 29.6 Å². The van der Waals surface area contributed by atoms with Crippen molar-refractivity contribution in [2.24, 2.45) is 5.92 Å². The zero-order chi connectivity index (χ0) is 18.8. The highest BCUT2D eigenvalue weighted by molar-refractivity contribution is 5.82. The van der Waals surface area contributed by atoms with Gasteiger partial charge in [-0.15, -0.1) is 0 Å². The van der Waals surface area contributed by atoms with Crippen LogP contribution in [0.5, 0.6) is 0 Å². The molecule has 5 nitrogen and oxygen atoms in total. The fraction of sp³-hybridized carbons (Fsp3) is 0.500. The Labute approximate surface area is 149 Å². The van der Waals surface area contributed by atoms with E-state index < -0.39 is 23.7 Å². The van der Waals surface area contributed by atoms with Gasteiger partial charge in [0.05, 0.1) is 0 Å². The van der Waals surface area contributed by atoms with Crippen LogP contribution in [0, 0.1) is 5.92 Å². The Morgan fingerprint density at radius 1 is 1.40 bits per heavy atom. The molecule has 1 N–H and O–H groups in total. The first-order valence-electron chi connectivity index (χ1n) is 8.58. The number of carbonyl (C=O) groups excluding carboxylic acids is 1. The second-order valence-electron chi connectivity index (χ2n) is 7.56. The zero-order valence-electron chi connectivity index (χ0n) is 15.2. The number of carbonyl (C=O) groups is 2. The number of rotatable bonds is 3. The number of carboxylic acids is 1. The highest BCUT2D eigenvalue weighted by Crippen LogP contribution is 2.34. The first kappa shape index (κ1) is 19.0. The number of likely N-dealkylation sites (tertiary alicyclic amines) is 1. The predicted molar refractivity (Wildman–Crippen MR) is 97.2 cm³/mol. The number of hydrogen-bond acceptors (Lipinski definition) is 3. The van der Waals surface area contributed by atoms with E-state index in [1.807, 2.05) is 12.2 Å². The number of amides is 1. The molecule has 0 saturated carbocycles. The molecule has 0 aromatic heterocycles. The van der Waals surface area contributed by atoms with Gasteiger partial charge in [-0.3, -0.25) is 4.90 Å². The molecule has 5 heteroatoms. The minimum atomic E-state index is -1.03. The molecular weight excluding hydrogens is 318 g/mol. The highest BCUT2D eigenvalue weighted by Gasteiger charge is 2.44. The van der Waals surface area contributed by atoms with Gasteiger partial charge < -0.3 is 9.84 Å². The first-order valence-corrected chi connectivity index (χ1v) is 8.58. The van der Waals surface area contributed by atoms with E-state index in [1.54, 1.807) is 20.8 Å². The molecule has 0 radical (unpaired) electrons. The first-order chi connectivity index (χ1) is 11.6. The summed E-state index contributed by atoms with van der Waals surface area (Å²) in [6, 6.07) is -0.952. The lowest BCUT2D eigenvalue weighted by Gasteiger charge is -2.28. The zero-order valence-corrected chi connectivity index (χ0v) is 15.2. The lowest BCUT2D eigenvalue weighted by Crippen LogP contribution is -2.45. The maximum Gasteiger partial charge on any atom is 0.411 e. The summed E-state index contributed by atoms with van der Waals surface area (Å²) in [5.41, 5.74) is 2.07. The van der Waals surface area contributed by atoms with Gasteiger partial charge in [-0.2, -0.15) is 0 Å². The Morgan fingerprint density at radius 3 is 2.64 bits per heavy atom. The third-order valence-electron chi connectivity index (χ3n) is 4.43. The lowest BCUT2D eigenvalue weighted by molar-refractivity contribution is -0.143. The number of allylic oxidation sites excluding steroid dienone is 5.